The van der Waals surface area contributed by atoms with Gasteiger partial charge in [0.1, 0.15) is 85.3 Å². The number of aromatic hydroxyl groups is 4. The van der Waals surface area contributed by atoms with Gasteiger partial charge in [-0.05, 0) is 48.0 Å². The molecule has 352 valence electrons. The van der Waals surface area contributed by atoms with Gasteiger partial charge in [-0.3, -0.25) is 19.2 Å². The van der Waals surface area contributed by atoms with E-state index in [9.17, 15) is 69.9 Å². The molecule has 66 heavy (non-hydrogen) atoms. The number of carboxylic acid groups (broad SMARTS) is 2. The van der Waals surface area contributed by atoms with Gasteiger partial charge >= 0.3 is 41.2 Å². The highest BCUT2D eigenvalue weighted by Crippen LogP contribution is 2.42. The van der Waals surface area contributed by atoms with Gasteiger partial charge in [0.15, 0.2) is 23.7 Å². The summed E-state index contributed by atoms with van der Waals surface area (Å²) >= 11 is 0. The number of aliphatic hydroxyl groups is 5. The van der Waals surface area contributed by atoms with Gasteiger partial charge in [0.05, 0.1) is 11.6 Å². The fourth-order valence-corrected chi connectivity index (χ4v) is 6.54. The summed E-state index contributed by atoms with van der Waals surface area (Å²) in [7, 11) is 0. The monoisotopic (exact) mass is 929 g/mol. The third-order valence-corrected chi connectivity index (χ3v) is 9.79. The molecule has 0 amide bonds. The highest BCUT2D eigenvalue weighted by atomic mass is 16.7. The number of hydrogen-bond donors (Lipinski definition) is 11. The lowest BCUT2D eigenvalue weighted by atomic mass is 9.98. The summed E-state index contributed by atoms with van der Waals surface area (Å²) < 4.78 is 44.6. The number of aliphatic carboxylic acids is 2. The standard InChI is InChI=1S/C42H40O24/c43-19-5-3-18(4-6-19)39-26(63-41-37(57)36(56)34(54)27(64-41)15-59-31(51)8-2-17-1-7-22(45)23(46)9-17)12-21-24(61-39)10-20(44)11-25(21)62-42-38(58)40(66-33(53)14-30(49)50)35(55)28(65-42)16-60-32(52)13-29(47)48/h1-12,27-28,34-38,40-42,54-58H,13-16H2,(H5-,43,44,45,46,47,48,49,50,51)/p+1/t27-,28-,34-,35-,36+,37-,38-,40+,41-,42-/m1/s1. The Hall–Kier alpha value is -7.32. The summed E-state index contributed by atoms with van der Waals surface area (Å²) in [6.45, 7) is -1.60. The van der Waals surface area contributed by atoms with E-state index in [1.165, 1.54) is 54.6 Å². The van der Waals surface area contributed by atoms with Crippen LogP contribution in [0.25, 0.3) is 28.4 Å². The lowest BCUT2D eigenvalue weighted by Crippen LogP contribution is -2.61. The molecule has 1 aromatic heterocycles. The van der Waals surface area contributed by atoms with Crippen LogP contribution in [0.3, 0.4) is 0 Å². The fourth-order valence-electron chi connectivity index (χ4n) is 6.54. The van der Waals surface area contributed by atoms with Crippen molar-refractivity contribution >= 4 is 46.9 Å². The fraction of sp³-hybridized carbons (Fsp3) is 0.333. The molecule has 0 saturated carbocycles. The van der Waals surface area contributed by atoms with Crippen LogP contribution in [0.5, 0.6) is 34.5 Å². The van der Waals surface area contributed by atoms with Crippen LogP contribution in [-0.2, 0) is 47.7 Å². The van der Waals surface area contributed by atoms with Gasteiger partial charge in [0.25, 0.3) is 0 Å². The second-order valence-electron chi connectivity index (χ2n) is 14.6. The molecule has 6 rings (SSSR count). The van der Waals surface area contributed by atoms with E-state index in [4.69, 9.17) is 47.8 Å². The third kappa shape index (κ3) is 11.7. The second kappa shape index (κ2) is 20.7. The maximum absolute atomic E-state index is 12.6. The number of esters is 3. The van der Waals surface area contributed by atoms with Crippen molar-refractivity contribution in [1.29, 1.82) is 0 Å². The van der Waals surface area contributed by atoms with Crippen LogP contribution >= 0.6 is 0 Å². The Morgan fingerprint density at radius 1 is 0.621 bits per heavy atom. The van der Waals surface area contributed by atoms with Gasteiger partial charge in [-0.25, -0.2) is 9.21 Å². The number of hydrogen-bond acceptors (Lipinski definition) is 21. The number of carboxylic acids is 2. The van der Waals surface area contributed by atoms with E-state index in [0.29, 0.717) is 5.56 Å². The highest BCUT2D eigenvalue weighted by molar-refractivity contribution is 5.91. The molecule has 10 atom stereocenters. The molecule has 3 aromatic carbocycles. The molecule has 3 heterocycles. The van der Waals surface area contributed by atoms with Crippen molar-refractivity contribution in [3.8, 4) is 45.8 Å². The third-order valence-electron chi connectivity index (χ3n) is 9.79. The molecule has 4 aromatic rings. The highest BCUT2D eigenvalue weighted by Gasteiger charge is 2.50. The Morgan fingerprint density at radius 2 is 1.24 bits per heavy atom. The summed E-state index contributed by atoms with van der Waals surface area (Å²) in [5, 5.41) is 113. The molecule has 0 radical (unpaired) electrons. The lowest BCUT2D eigenvalue weighted by Gasteiger charge is -2.41. The molecular formula is C42H41O24+. The Labute approximate surface area is 369 Å². The molecule has 0 spiro atoms. The first-order valence-electron chi connectivity index (χ1n) is 19.4. The van der Waals surface area contributed by atoms with Gasteiger partial charge in [0, 0.05) is 18.2 Å². The average Bonchev–Trinajstić information content (AvgIpc) is 3.25. The Morgan fingerprint density at radius 3 is 1.91 bits per heavy atom. The Bertz CT molecular complexity index is 2470. The number of ether oxygens (including phenoxy) is 7. The summed E-state index contributed by atoms with van der Waals surface area (Å²) in [5.74, 6) is -9.28. The summed E-state index contributed by atoms with van der Waals surface area (Å²) in [6, 6.07) is 12.3. The SMILES string of the molecule is O=C(O)CC(=O)OC[C@H]1O[C@@H](Oc2cc(O)cc3[o+]c(-c4ccc(O)cc4)c(O[C@@H]4O[C@H](COC(=O)/C=C/c5ccc(O)c(O)c5)[C@@H](O)[C@H](O)[C@H]4O)cc23)[C@H](O)[C@@H](OC(=O)CC(=O)O)[C@@H]1O. The van der Waals surface area contributed by atoms with Gasteiger partial charge < -0.3 is 89.3 Å². The van der Waals surface area contributed by atoms with Crippen LogP contribution in [-0.4, -0.2) is 161 Å². The van der Waals surface area contributed by atoms with Crippen LogP contribution in [0, 0.1) is 0 Å². The number of rotatable bonds is 16. The molecule has 0 unspecified atom stereocenters. The average molecular weight is 930 g/mol. The maximum atomic E-state index is 12.6. The minimum absolute atomic E-state index is 0.124. The van der Waals surface area contributed by atoms with Crippen molar-refractivity contribution < 1.29 is 118 Å². The number of carbonyl (C=O) groups excluding carboxylic acids is 3. The predicted molar refractivity (Wildman–Crippen MR) is 213 cm³/mol. The molecule has 2 fully saturated rings. The topological polar surface area (TPSA) is 384 Å². The summed E-state index contributed by atoms with van der Waals surface area (Å²) in [6.07, 6.45) is -19.3. The molecule has 24 heteroatoms. The van der Waals surface area contributed by atoms with Crippen molar-refractivity contribution in [2.24, 2.45) is 0 Å². The zero-order chi connectivity index (χ0) is 48.0. The maximum Gasteiger partial charge on any atom is 0.402 e. The molecular weight excluding hydrogens is 888 g/mol. The second-order valence-corrected chi connectivity index (χ2v) is 14.6. The van der Waals surface area contributed by atoms with Gasteiger partial charge in [-0.2, -0.15) is 0 Å². The molecule has 24 nitrogen and oxygen atoms in total. The van der Waals surface area contributed by atoms with Crippen LogP contribution in [0.4, 0.5) is 0 Å². The van der Waals surface area contributed by atoms with Crippen molar-refractivity contribution in [2.45, 2.75) is 74.3 Å². The molecule has 0 bridgehead atoms. The summed E-state index contributed by atoms with van der Waals surface area (Å²) in [4.78, 5) is 59.1. The van der Waals surface area contributed by atoms with Gasteiger partial charge in [0.2, 0.25) is 18.3 Å². The quantitative estimate of drug-likeness (QED) is 0.0174. The minimum atomic E-state index is -2.15. The number of phenols is 4. The van der Waals surface area contributed by atoms with Crippen molar-refractivity contribution in [2.75, 3.05) is 13.2 Å². The van der Waals surface area contributed by atoms with Crippen molar-refractivity contribution in [1.82, 2.24) is 0 Å². The molecule has 2 aliphatic rings. The van der Waals surface area contributed by atoms with Gasteiger partial charge in [-0.15, -0.1) is 0 Å². The number of aliphatic hydroxyl groups excluding tert-OH is 5. The lowest BCUT2D eigenvalue weighted by molar-refractivity contribution is -0.282. The molecule has 11 N–H and O–H groups in total. The number of carbonyl (C=O) groups is 5. The predicted octanol–water partition coefficient (Wildman–Crippen LogP) is -0.124. The normalized spacial score (nSPS) is 25.2. The van der Waals surface area contributed by atoms with Crippen LogP contribution in [0.1, 0.15) is 18.4 Å². The van der Waals surface area contributed by atoms with Crippen LogP contribution < -0.4 is 9.47 Å². The van der Waals surface area contributed by atoms with E-state index in [1.54, 1.807) is 0 Å². The van der Waals surface area contributed by atoms with E-state index in [0.717, 1.165) is 18.2 Å². The molecule has 0 aliphatic carbocycles. The Balaban J connectivity index is 1.31. The zero-order valence-electron chi connectivity index (χ0n) is 33.8. The first-order valence-corrected chi connectivity index (χ1v) is 19.4. The first-order chi connectivity index (χ1) is 31.3. The largest absolute Gasteiger partial charge is 0.508 e. The van der Waals surface area contributed by atoms with E-state index >= 15 is 0 Å². The van der Waals surface area contributed by atoms with E-state index in [2.05, 4.69) is 0 Å². The summed E-state index contributed by atoms with van der Waals surface area (Å²) in [5.41, 5.74) is 0.324. The van der Waals surface area contributed by atoms with E-state index in [-0.39, 0.29) is 33.8 Å². The zero-order valence-corrected chi connectivity index (χ0v) is 33.8. The van der Waals surface area contributed by atoms with E-state index in [1.807, 2.05) is 0 Å². The molecule has 2 saturated heterocycles. The number of benzene rings is 3. The van der Waals surface area contributed by atoms with Crippen LogP contribution in [0.2, 0.25) is 0 Å². The van der Waals surface area contributed by atoms with Crippen molar-refractivity contribution in [3.63, 3.8) is 0 Å². The Kier molecular flexibility index (Phi) is 15.1. The number of phenolic OH excluding ortho intramolecular Hbond substituents is 4. The van der Waals surface area contributed by atoms with Crippen LogP contribution in [0.15, 0.2) is 71.2 Å². The smallest absolute Gasteiger partial charge is 0.402 e. The minimum Gasteiger partial charge on any atom is -0.508 e. The van der Waals surface area contributed by atoms with Crippen molar-refractivity contribution in [3.05, 3.63) is 72.3 Å². The first kappa shape index (κ1) is 48.1. The number of fused-ring (bicyclic) bond motifs is 1. The molecule has 2 aliphatic heterocycles. The van der Waals surface area contributed by atoms with E-state index < -0.39 is 140 Å². The van der Waals surface area contributed by atoms with Gasteiger partial charge in [-0.1, -0.05) is 6.07 Å².